The van der Waals surface area contributed by atoms with Gasteiger partial charge in [-0.05, 0) is 70.6 Å². The van der Waals surface area contributed by atoms with Crippen molar-refractivity contribution in [2.24, 2.45) is 0 Å². The van der Waals surface area contributed by atoms with Crippen LogP contribution in [0.2, 0.25) is 0 Å². The molecule has 2 aliphatic heterocycles. The maximum atomic E-state index is 12.6. The number of β-amino-alcohol motifs (C(OH)–C–C–N with tert-alkyl or cyclic N) is 1. The Morgan fingerprint density at radius 3 is 2.71 bits per heavy atom. The number of amides is 1. The molecule has 2 aliphatic rings. The number of nitrogens with one attached hydrogen (secondary N) is 3. The van der Waals surface area contributed by atoms with Crippen LogP contribution in [-0.2, 0) is 4.79 Å². The number of nitrogens with zero attached hydrogens (tertiary/aromatic N) is 3. The number of aliphatic hydroxyl groups is 1. The largest absolute Gasteiger partial charge is 0.389 e. The van der Waals surface area contributed by atoms with Crippen molar-refractivity contribution in [1.82, 2.24) is 24.7 Å². The van der Waals surface area contributed by atoms with Crippen LogP contribution in [0.25, 0.3) is 11.0 Å². The molecular weight excluding hydrogens is 396 g/mol. The van der Waals surface area contributed by atoms with Crippen molar-refractivity contribution in [3.05, 3.63) is 28.7 Å². The lowest BCUT2D eigenvalue weighted by molar-refractivity contribution is -0.117. The quantitative estimate of drug-likeness (QED) is 0.555. The molecule has 0 unspecified atom stereocenters. The van der Waals surface area contributed by atoms with E-state index in [0.717, 1.165) is 58.5 Å². The Kier molecular flexibility index (Phi) is 6.76. The second-order valence-electron chi connectivity index (χ2n) is 9.17. The first kappa shape index (κ1) is 22.0. The number of anilines is 1. The van der Waals surface area contributed by atoms with Crippen LogP contribution >= 0.6 is 0 Å². The molecule has 31 heavy (non-hydrogen) atoms. The molecule has 4 N–H and O–H groups in total. The van der Waals surface area contributed by atoms with E-state index in [9.17, 15) is 14.7 Å². The Morgan fingerprint density at radius 2 is 1.84 bits per heavy atom. The summed E-state index contributed by atoms with van der Waals surface area (Å²) in [7, 11) is 2.16. The maximum absolute atomic E-state index is 12.6. The van der Waals surface area contributed by atoms with Gasteiger partial charge in [0.25, 0.3) is 0 Å². The highest BCUT2D eigenvalue weighted by atomic mass is 16.3. The van der Waals surface area contributed by atoms with Crippen LogP contribution in [0.3, 0.4) is 0 Å². The van der Waals surface area contributed by atoms with Gasteiger partial charge in [-0.1, -0.05) is 0 Å². The van der Waals surface area contributed by atoms with Gasteiger partial charge in [0.2, 0.25) is 5.91 Å². The molecule has 1 aromatic heterocycles. The van der Waals surface area contributed by atoms with Crippen LogP contribution in [0, 0.1) is 0 Å². The highest BCUT2D eigenvalue weighted by Crippen LogP contribution is 2.24. The molecule has 0 spiro atoms. The van der Waals surface area contributed by atoms with Crippen LogP contribution in [0.1, 0.15) is 25.7 Å². The zero-order valence-corrected chi connectivity index (χ0v) is 18.3. The van der Waals surface area contributed by atoms with Crippen LogP contribution in [0.5, 0.6) is 0 Å². The van der Waals surface area contributed by atoms with Gasteiger partial charge in [0, 0.05) is 31.9 Å². The molecule has 1 amide bonds. The van der Waals surface area contributed by atoms with E-state index in [4.69, 9.17) is 0 Å². The van der Waals surface area contributed by atoms with Crippen molar-refractivity contribution in [2.45, 2.75) is 31.3 Å². The van der Waals surface area contributed by atoms with Gasteiger partial charge >= 0.3 is 5.69 Å². The van der Waals surface area contributed by atoms with E-state index < -0.39 is 5.60 Å². The minimum absolute atomic E-state index is 0.0850. The second kappa shape index (κ2) is 9.52. The Balaban J connectivity index is 1.28. The Morgan fingerprint density at radius 1 is 1.03 bits per heavy atom. The topological polar surface area (TPSA) is 108 Å². The van der Waals surface area contributed by atoms with E-state index in [0.29, 0.717) is 36.2 Å². The third kappa shape index (κ3) is 5.94. The summed E-state index contributed by atoms with van der Waals surface area (Å²) >= 11 is 0. The number of carbonyl (C=O) groups excluding carboxylic acids is 1. The van der Waals surface area contributed by atoms with Gasteiger partial charge in [-0.2, -0.15) is 0 Å². The number of carbonyl (C=O) groups is 1. The average molecular weight is 431 g/mol. The summed E-state index contributed by atoms with van der Waals surface area (Å²) in [6.07, 6.45) is 3.48. The van der Waals surface area contributed by atoms with Gasteiger partial charge < -0.3 is 25.3 Å². The third-order valence-corrected chi connectivity index (χ3v) is 6.51. The molecule has 1 atom stereocenters. The smallest absolute Gasteiger partial charge is 0.323 e. The van der Waals surface area contributed by atoms with Gasteiger partial charge in [0.05, 0.1) is 23.2 Å². The van der Waals surface area contributed by atoms with Crippen LogP contribution in [-0.4, -0.2) is 101 Å². The lowest BCUT2D eigenvalue weighted by atomic mass is 9.94. The summed E-state index contributed by atoms with van der Waals surface area (Å²) < 4.78 is 0. The van der Waals surface area contributed by atoms with Gasteiger partial charge in [0.15, 0.2) is 0 Å². The predicted molar refractivity (Wildman–Crippen MR) is 121 cm³/mol. The van der Waals surface area contributed by atoms with Gasteiger partial charge in [0.1, 0.15) is 0 Å². The van der Waals surface area contributed by atoms with Crippen LogP contribution in [0.4, 0.5) is 5.69 Å². The first-order valence-electron chi connectivity index (χ1n) is 11.3. The van der Waals surface area contributed by atoms with Crippen molar-refractivity contribution >= 4 is 22.6 Å². The van der Waals surface area contributed by atoms with E-state index in [1.165, 1.54) is 0 Å². The SMILES string of the molecule is CN1CCCN(C[C@@]2(O)CCCN(CC(=O)Nc3ccc4[nH]c(=O)[nH]c4c3)CC2)CC1. The minimum Gasteiger partial charge on any atom is -0.389 e. The summed E-state index contributed by atoms with van der Waals surface area (Å²) in [5.41, 5.74) is 1.10. The summed E-state index contributed by atoms with van der Waals surface area (Å²) in [5, 5.41) is 14.2. The van der Waals surface area contributed by atoms with Gasteiger partial charge in [-0.25, -0.2) is 4.79 Å². The molecule has 3 heterocycles. The van der Waals surface area contributed by atoms with E-state index in [-0.39, 0.29) is 11.6 Å². The number of hydrogen-bond donors (Lipinski definition) is 4. The monoisotopic (exact) mass is 430 g/mol. The van der Waals surface area contributed by atoms with Crippen molar-refractivity contribution in [3.8, 4) is 0 Å². The molecule has 9 heteroatoms. The van der Waals surface area contributed by atoms with Crippen LogP contribution in [0.15, 0.2) is 23.0 Å². The second-order valence-corrected chi connectivity index (χ2v) is 9.17. The predicted octanol–water partition coefficient (Wildman–Crippen LogP) is 0.649. The fraction of sp³-hybridized carbons (Fsp3) is 0.636. The molecule has 0 saturated carbocycles. The third-order valence-electron chi connectivity index (χ3n) is 6.51. The number of aromatic amines is 2. The average Bonchev–Trinajstić information content (AvgIpc) is 2.83. The molecule has 1 aromatic carbocycles. The van der Waals surface area contributed by atoms with E-state index in [1.807, 2.05) is 0 Å². The van der Waals surface area contributed by atoms with E-state index >= 15 is 0 Å². The highest BCUT2D eigenvalue weighted by Gasteiger charge is 2.33. The zero-order valence-electron chi connectivity index (χ0n) is 18.3. The number of rotatable bonds is 5. The number of H-pyrrole nitrogens is 2. The van der Waals surface area contributed by atoms with Crippen LogP contribution < -0.4 is 11.0 Å². The van der Waals surface area contributed by atoms with Crippen molar-refractivity contribution < 1.29 is 9.90 Å². The summed E-state index contributed by atoms with van der Waals surface area (Å²) in [4.78, 5) is 36.2. The van der Waals surface area contributed by atoms with E-state index in [1.54, 1.807) is 18.2 Å². The fourth-order valence-electron chi connectivity index (χ4n) is 4.74. The van der Waals surface area contributed by atoms with Crippen molar-refractivity contribution in [1.29, 1.82) is 0 Å². The molecule has 9 nitrogen and oxygen atoms in total. The van der Waals surface area contributed by atoms with E-state index in [2.05, 4.69) is 37.0 Å². The molecule has 0 bridgehead atoms. The lowest BCUT2D eigenvalue weighted by Crippen LogP contribution is -2.45. The molecule has 170 valence electrons. The Hall–Kier alpha value is -2.20. The number of likely N-dealkylation sites (N-methyl/N-ethyl adjacent to an activating group) is 1. The number of hydrogen-bond acceptors (Lipinski definition) is 6. The summed E-state index contributed by atoms with van der Waals surface area (Å²) in [6.45, 7) is 6.74. The number of fused-ring (bicyclic) bond motifs is 1. The number of imidazole rings is 1. The molecule has 2 aromatic rings. The van der Waals surface area contributed by atoms with Crippen molar-refractivity contribution in [2.75, 3.05) is 64.7 Å². The number of aromatic nitrogens is 2. The summed E-state index contributed by atoms with van der Waals surface area (Å²) in [5.74, 6) is -0.0850. The first-order chi connectivity index (χ1) is 14.9. The first-order valence-corrected chi connectivity index (χ1v) is 11.3. The molecule has 2 saturated heterocycles. The Labute approximate surface area is 182 Å². The standard InChI is InChI=1S/C22H34N6O3/c1-26-8-3-10-28(13-12-26)16-22(31)6-2-9-27(11-7-22)15-20(29)23-17-4-5-18-19(14-17)25-21(30)24-18/h4-5,14,31H,2-3,6-13,15-16H2,1H3,(H,23,29)(H2,24,25,30)/t22-/m1/s1. The minimum atomic E-state index is -0.681. The highest BCUT2D eigenvalue weighted by molar-refractivity contribution is 5.94. The molecule has 0 radical (unpaired) electrons. The fourth-order valence-corrected chi connectivity index (χ4v) is 4.74. The number of likely N-dealkylation sites (tertiary alicyclic amines) is 1. The maximum Gasteiger partial charge on any atom is 0.323 e. The lowest BCUT2D eigenvalue weighted by Gasteiger charge is -2.33. The van der Waals surface area contributed by atoms with Crippen molar-refractivity contribution in [3.63, 3.8) is 0 Å². The molecule has 4 rings (SSSR count). The summed E-state index contributed by atoms with van der Waals surface area (Å²) in [6, 6.07) is 5.31. The van der Waals surface area contributed by atoms with Gasteiger partial charge in [-0.3, -0.25) is 14.6 Å². The Bertz CT molecular complexity index is 956. The molecular formula is C22H34N6O3. The normalized spacial score (nSPS) is 24.7. The zero-order chi connectivity index (χ0) is 21.8. The van der Waals surface area contributed by atoms with Gasteiger partial charge in [-0.15, -0.1) is 0 Å². The number of benzene rings is 1. The molecule has 0 aliphatic carbocycles. The molecule has 2 fully saturated rings.